The highest BCUT2D eigenvalue weighted by atomic mass is 16.5. The maximum atomic E-state index is 12.7. The van der Waals surface area contributed by atoms with Crippen molar-refractivity contribution in [1.82, 2.24) is 4.90 Å². The second kappa shape index (κ2) is 4.56. The number of hydrogen-bond donors (Lipinski definition) is 0. The molecule has 1 aromatic heterocycles. The summed E-state index contributed by atoms with van der Waals surface area (Å²) < 4.78 is 7.60. The molecule has 1 fully saturated rings. The van der Waals surface area contributed by atoms with E-state index in [1.807, 2.05) is 62.0 Å². The van der Waals surface area contributed by atoms with Crippen LogP contribution in [0.3, 0.4) is 0 Å². The Bertz CT molecular complexity index is 679. The molecule has 20 heavy (non-hydrogen) atoms. The van der Waals surface area contributed by atoms with Crippen LogP contribution in [-0.4, -0.2) is 29.7 Å². The lowest BCUT2D eigenvalue weighted by Gasteiger charge is -2.29. The second-order valence-electron chi connectivity index (χ2n) is 5.65. The van der Waals surface area contributed by atoms with E-state index < -0.39 is 5.72 Å². The van der Waals surface area contributed by atoms with Crippen LogP contribution in [0.2, 0.25) is 0 Å². The normalized spacial score (nSPS) is 17.6. The molecule has 0 atom stereocenters. The molecule has 0 saturated carbocycles. The lowest BCUT2D eigenvalue weighted by atomic mass is 10.1. The third-order valence-corrected chi connectivity index (χ3v) is 3.87. The van der Waals surface area contributed by atoms with E-state index in [2.05, 4.69) is 0 Å². The number of carbonyl (C=O) groups excluding carboxylic acids is 1. The second-order valence-corrected chi connectivity index (χ2v) is 5.65. The Morgan fingerprint density at radius 2 is 2.10 bits per heavy atom. The number of hydrogen-bond acceptors (Lipinski definition) is 2. The minimum atomic E-state index is -0.526. The Morgan fingerprint density at radius 3 is 2.80 bits per heavy atom. The number of ether oxygens (including phenoxy) is 1. The van der Waals surface area contributed by atoms with E-state index in [9.17, 15) is 4.79 Å². The standard InChI is InChI=1S/C16H19N2O2/c1-16(2)18(8-9-20-16)15(19)13-10-12-6-4-5-7-14(12)17(3)11-13/h4-7,10-11H,8-9H2,1-3H3/q+1. The maximum absolute atomic E-state index is 12.7. The minimum absolute atomic E-state index is 0.0221. The van der Waals surface area contributed by atoms with Gasteiger partial charge in [0.1, 0.15) is 18.3 Å². The lowest BCUT2D eigenvalue weighted by molar-refractivity contribution is -0.645. The molecule has 0 unspecified atom stereocenters. The first kappa shape index (κ1) is 13.1. The van der Waals surface area contributed by atoms with Gasteiger partial charge < -0.3 is 9.64 Å². The summed E-state index contributed by atoms with van der Waals surface area (Å²) in [5.74, 6) is 0.0221. The number of para-hydroxylation sites is 1. The van der Waals surface area contributed by atoms with Crippen LogP contribution in [-0.2, 0) is 11.8 Å². The first-order valence-corrected chi connectivity index (χ1v) is 6.83. The molecule has 0 aliphatic carbocycles. The Hall–Kier alpha value is -1.94. The molecule has 0 bridgehead atoms. The van der Waals surface area contributed by atoms with Gasteiger partial charge in [0.2, 0.25) is 5.52 Å². The van der Waals surface area contributed by atoms with Crippen molar-refractivity contribution in [3.05, 3.63) is 42.1 Å². The predicted molar refractivity (Wildman–Crippen MR) is 76.2 cm³/mol. The smallest absolute Gasteiger partial charge is 0.262 e. The number of fused-ring (bicyclic) bond motifs is 1. The summed E-state index contributed by atoms with van der Waals surface area (Å²) in [6.45, 7) is 5.10. The van der Waals surface area contributed by atoms with Crippen LogP contribution in [0.25, 0.3) is 10.9 Å². The molecule has 2 heterocycles. The van der Waals surface area contributed by atoms with Gasteiger partial charge in [-0.2, -0.15) is 0 Å². The maximum Gasteiger partial charge on any atom is 0.262 e. The van der Waals surface area contributed by atoms with Gasteiger partial charge in [0, 0.05) is 18.0 Å². The van der Waals surface area contributed by atoms with Gasteiger partial charge in [-0.15, -0.1) is 0 Å². The monoisotopic (exact) mass is 271 g/mol. The molecular formula is C16H19N2O2+. The van der Waals surface area contributed by atoms with Gasteiger partial charge in [-0.05, 0) is 26.0 Å². The van der Waals surface area contributed by atoms with E-state index in [1.54, 1.807) is 4.90 Å². The molecule has 0 N–H and O–H groups in total. The Balaban J connectivity index is 2.04. The van der Waals surface area contributed by atoms with E-state index >= 15 is 0 Å². The molecule has 1 aromatic carbocycles. The van der Waals surface area contributed by atoms with Gasteiger partial charge in [0.25, 0.3) is 5.91 Å². The van der Waals surface area contributed by atoms with Gasteiger partial charge in [0.15, 0.2) is 6.20 Å². The van der Waals surface area contributed by atoms with Crippen LogP contribution in [0.1, 0.15) is 24.2 Å². The van der Waals surface area contributed by atoms with E-state index in [1.165, 1.54) is 0 Å². The quantitative estimate of drug-likeness (QED) is 0.742. The summed E-state index contributed by atoms with van der Waals surface area (Å²) in [7, 11) is 1.96. The van der Waals surface area contributed by atoms with Gasteiger partial charge in [-0.25, -0.2) is 4.57 Å². The van der Waals surface area contributed by atoms with Crippen LogP contribution in [0.5, 0.6) is 0 Å². The average Bonchev–Trinajstić information content (AvgIpc) is 2.77. The van der Waals surface area contributed by atoms with Crippen LogP contribution in [0.4, 0.5) is 0 Å². The number of pyridine rings is 1. The molecular weight excluding hydrogens is 252 g/mol. The van der Waals surface area contributed by atoms with Crippen molar-refractivity contribution in [3.63, 3.8) is 0 Å². The summed E-state index contributed by atoms with van der Waals surface area (Å²) in [6, 6.07) is 10.0. The third kappa shape index (κ3) is 2.06. The highest BCUT2D eigenvalue weighted by Crippen LogP contribution is 2.24. The fourth-order valence-electron chi connectivity index (χ4n) is 2.77. The summed E-state index contributed by atoms with van der Waals surface area (Å²) in [4.78, 5) is 14.5. The van der Waals surface area contributed by atoms with Crippen molar-refractivity contribution < 1.29 is 14.1 Å². The molecule has 1 saturated heterocycles. The summed E-state index contributed by atoms with van der Waals surface area (Å²) in [5.41, 5.74) is 1.28. The minimum Gasteiger partial charge on any atom is -0.354 e. The number of amides is 1. The fraction of sp³-hybridized carbons (Fsp3) is 0.375. The molecule has 104 valence electrons. The molecule has 1 aliphatic rings. The zero-order valence-corrected chi connectivity index (χ0v) is 12.1. The highest BCUT2D eigenvalue weighted by molar-refractivity contribution is 5.96. The summed E-state index contributed by atoms with van der Waals surface area (Å²) in [6.07, 6.45) is 1.89. The average molecular weight is 271 g/mol. The van der Waals surface area contributed by atoms with Gasteiger partial charge in [-0.1, -0.05) is 12.1 Å². The topological polar surface area (TPSA) is 33.4 Å². The van der Waals surface area contributed by atoms with Gasteiger partial charge in [-0.3, -0.25) is 4.79 Å². The lowest BCUT2D eigenvalue weighted by Crippen LogP contribution is -2.44. The highest BCUT2D eigenvalue weighted by Gasteiger charge is 2.37. The van der Waals surface area contributed by atoms with E-state index in [-0.39, 0.29) is 5.91 Å². The van der Waals surface area contributed by atoms with Crippen LogP contribution < -0.4 is 4.57 Å². The van der Waals surface area contributed by atoms with E-state index in [0.717, 1.165) is 10.9 Å². The van der Waals surface area contributed by atoms with E-state index in [4.69, 9.17) is 4.74 Å². The summed E-state index contributed by atoms with van der Waals surface area (Å²) in [5, 5.41) is 1.07. The number of rotatable bonds is 1. The number of aromatic nitrogens is 1. The van der Waals surface area contributed by atoms with Crippen molar-refractivity contribution in [2.45, 2.75) is 19.6 Å². The molecule has 4 nitrogen and oxygen atoms in total. The molecule has 1 amide bonds. The van der Waals surface area contributed by atoms with Crippen molar-refractivity contribution in [1.29, 1.82) is 0 Å². The Kier molecular flexibility index (Phi) is 2.98. The van der Waals surface area contributed by atoms with E-state index in [0.29, 0.717) is 18.7 Å². The van der Waals surface area contributed by atoms with Crippen molar-refractivity contribution >= 4 is 16.8 Å². The Labute approximate surface area is 118 Å². The molecule has 4 heteroatoms. The zero-order chi connectivity index (χ0) is 14.3. The third-order valence-electron chi connectivity index (χ3n) is 3.87. The number of nitrogens with zero attached hydrogens (tertiary/aromatic N) is 2. The van der Waals surface area contributed by atoms with Crippen LogP contribution >= 0.6 is 0 Å². The zero-order valence-electron chi connectivity index (χ0n) is 12.1. The van der Waals surface area contributed by atoms with Crippen LogP contribution in [0.15, 0.2) is 36.5 Å². The predicted octanol–water partition coefficient (Wildman–Crippen LogP) is 1.87. The van der Waals surface area contributed by atoms with Crippen molar-refractivity contribution in [2.24, 2.45) is 7.05 Å². The van der Waals surface area contributed by atoms with Crippen LogP contribution in [0, 0.1) is 0 Å². The first-order valence-electron chi connectivity index (χ1n) is 6.83. The SMILES string of the molecule is C[n+]1cc(C(=O)N2CCOC2(C)C)cc2ccccc21. The van der Waals surface area contributed by atoms with Gasteiger partial charge >= 0.3 is 0 Å². The Morgan fingerprint density at radius 1 is 1.35 bits per heavy atom. The number of aryl methyl sites for hydroxylation is 1. The largest absolute Gasteiger partial charge is 0.354 e. The van der Waals surface area contributed by atoms with Crippen molar-refractivity contribution in [2.75, 3.05) is 13.2 Å². The molecule has 3 rings (SSSR count). The first-order chi connectivity index (χ1) is 9.49. The van der Waals surface area contributed by atoms with Crippen molar-refractivity contribution in [3.8, 4) is 0 Å². The number of benzene rings is 1. The summed E-state index contributed by atoms with van der Waals surface area (Å²) >= 11 is 0. The fourth-order valence-corrected chi connectivity index (χ4v) is 2.77. The molecule has 0 spiro atoms. The number of carbonyl (C=O) groups is 1. The molecule has 2 aromatic rings. The molecule has 0 radical (unpaired) electrons. The van der Waals surface area contributed by atoms with Gasteiger partial charge in [0.05, 0.1) is 6.61 Å². The molecule has 1 aliphatic heterocycles.